The first-order valence-corrected chi connectivity index (χ1v) is 9.84. The second kappa shape index (κ2) is 5.25. The van der Waals surface area contributed by atoms with Gasteiger partial charge < -0.3 is 9.63 Å². The average Bonchev–Trinajstić information content (AvgIpc) is 2.93. The molecule has 2 fully saturated rings. The first kappa shape index (κ1) is 15.5. The van der Waals surface area contributed by atoms with E-state index in [1.807, 2.05) is 0 Å². The number of β-amino-alcohol motifs (C(OH)–C–C–N with tert-alkyl or cyclic N) is 1. The van der Waals surface area contributed by atoms with Gasteiger partial charge in [0.1, 0.15) is 4.21 Å². The molecule has 1 atom stereocenters. The molecule has 0 spiro atoms. The van der Waals surface area contributed by atoms with Crippen LogP contribution in [0.4, 0.5) is 0 Å². The molecule has 1 unspecified atom stereocenters. The minimum atomic E-state index is -3.68. The minimum Gasteiger partial charge on any atom is -0.379 e. The Labute approximate surface area is 141 Å². The van der Waals surface area contributed by atoms with Crippen LogP contribution in [0.15, 0.2) is 20.9 Å². The minimum absolute atomic E-state index is 0.0984. The molecule has 2 aromatic rings. The normalized spacial score (nSPS) is 26.0. The lowest BCUT2D eigenvalue weighted by molar-refractivity contribution is 0.0194. The van der Waals surface area contributed by atoms with Gasteiger partial charge in [0.2, 0.25) is 0 Å². The number of hydrogen-bond acceptors (Lipinski definition) is 7. The fourth-order valence-corrected chi connectivity index (χ4v) is 5.76. The number of aromatic nitrogens is 2. The number of halogens is 1. The predicted molar refractivity (Wildman–Crippen MR) is 82.9 cm³/mol. The van der Waals surface area contributed by atoms with Gasteiger partial charge in [-0.15, -0.1) is 11.3 Å². The Morgan fingerprint density at radius 2 is 2.22 bits per heavy atom. The summed E-state index contributed by atoms with van der Waals surface area (Å²) in [5.74, 6) is 1.01. The van der Waals surface area contributed by atoms with Crippen molar-refractivity contribution in [2.24, 2.45) is 0 Å². The summed E-state index contributed by atoms with van der Waals surface area (Å²) in [6.07, 6.45) is 2.27. The average molecular weight is 376 g/mol. The highest BCUT2D eigenvalue weighted by atomic mass is 35.5. The highest BCUT2D eigenvalue weighted by Crippen LogP contribution is 2.40. The van der Waals surface area contributed by atoms with E-state index in [1.165, 1.54) is 10.4 Å². The molecule has 4 rings (SSSR count). The zero-order chi connectivity index (χ0) is 16.2. The van der Waals surface area contributed by atoms with Crippen molar-refractivity contribution < 1.29 is 18.0 Å². The molecule has 0 radical (unpaired) electrons. The first-order chi connectivity index (χ1) is 10.9. The zero-order valence-electron chi connectivity index (χ0n) is 12.0. The van der Waals surface area contributed by atoms with Crippen LogP contribution in [0.1, 0.15) is 36.9 Å². The first-order valence-electron chi connectivity index (χ1n) is 7.20. The van der Waals surface area contributed by atoms with Gasteiger partial charge in [-0.1, -0.05) is 16.8 Å². The topological polar surface area (TPSA) is 96.5 Å². The Hall–Kier alpha value is -1.00. The number of sulfonamides is 1. The molecule has 124 valence electrons. The molecule has 1 saturated heterocycles. The molecule has 1 aliphatic heterocycles. The fourth-order valence-electron chi connectivity index (χ4n) is 2.63. The van der Waals surface area contributed by atoms with Gasteiger partial charge in [-0.05, 0) is 25.0 Å². The van der Waals surface area contributed by atoms with E-state index < -0.39 is 15.6 Å². The standard InChI is InChI=1S/C13H14ClN3O4S2/c14-9-3-4-10(22-9)23(19,20)17-6-5-13(18,7-17)12-15-11(16-21-12)8-1-2-8/h3-4,8,18H,1-2,5-7H2. The van der Waals surface area contributed by atoms with E-state index in [2.05, 4.69) is 10.1 Å². The SMILES string of the molecule is O=S(=O)(c1ccc(Cl)s1)N1CCC(O)(c2nc(C3CC3)no2)C1. The number of rotatable bonds is 4. The molecule has 0 amide bonds. The van der Waals surface area contributed by atoms with Crippen molar-refractivity contribution in [1.82, 2.24) is 14.4 Å². The van der Waals surface area contributed by atoms with Crippen LogP contribution in [-0.4, -0.2) is 41.1 Å². The van der Waals surface area contributed by atoms with Gasteiger partial charge in [-0.3, -0.25) is 0 Å². The molecule has 0 bridgehead atoms. The molecular weight excluding hydrogens is 362 g/mol. The molecule has 23 heavy (non-hydrogen) atoms. The lowest BCUT2D eigenvalue weighted by Crippen LogP contribution is -2.34. The van der Waals surface area contributed by atoms with E-state index in [0.717, 1.165) is 24.2 Å². The maximum absolute atomic E-state index is 12.6. The summed E-state index contributed by atoms with van der Waals surface area (Å²) >= 11 is 6.81. The third-order valence-corrected chi connectivity index (χ3v) is 7.68. The molecule has 3 heterocycles. The van der Waals surface area contributed by atoms with E-state index in [4.69, 9.17) is 16.1 Å². The monoisotopic (exact) mass is 375 g/mol. The smallest absolute Gasteiger partial charge is 0.260 e. The Morgan fingerprint density at radius 3 is 2.87 bits per heavy atom. The van der Waals surface area contributed by atoms with Gasteiger partial charge in [0.25, 0.3) is 15.9 Å². The third-order valence-electron chi connectivity index (χ3n) is 4.14. The van der Waals surface area contributed by atoms with Crippen LogP contribution in [0.5, 0.6) is 0 Å². The fraction of sp³-hybridized carbons (Fsp3) is 0.538. The molecule has 7 nitrogen and oxygen atoms in total. The molecule has 2 aromatic heterocycles. The molecule has 2 aliphatic rings. The van der Waals surface area contributed by atoms with Crippen LogP contribution < -0.4 is 0 Å². The van der Waals surface area contributed by atoms with Crippen molar-refractivity contribution in [1.29, 1.82) is 0 Å². The number of aliphatic hydroxyl groups is 1. The molecule has 1 aliphatic carbocycles. The van der Waals surface area contributed by atoms with E-state index in [9.17, 15) is 13.5 Å². The van der Waals surface area contributed by atoms with E-state index in [-0.39, 0.29) is 29.6 Å². The van der Waals surface area contributed by atoms with Crippen molar-refractivity contribution in [2.45, 2.75) is 35.0 Å². The van der Waals surface area contributed by atoms with E-state index >= 15 is 0 Å². The van der Waals surface area contributed by atoms with Gasteiger partial charge in [-0.2, -0.15) is 9.29 Å². The van der Waals surface area contributed by atoms with Gasteiger partial charge in [0.05, 0.1) is 10.9 Å². The maximum Gasteiger partial charge on any atom is 0.260 e. The summed E-state index contributed by atoms with van der Waals surface area (Å²) in [4.78, 5) is 4.25. The Balaban J connectivity index is 1.57. The summed E-state index contributed by atoms with van der Waals surface area (Å²) in [7, 11) is -3.68. The maximum atomic E-state index is 12.6. The summed E-state index contributed by atoms with van der Waals surface area (Å²) in [5, 5.41) is 14.6. The largest absolute Gasteiger partial charge is 0.379 e. The summed E-state index contributed by atoms with van der Waals surface area (Å²) in [6.45, 7) is 0.0899. The zero-order valence-corrected chi connectivity index (χ0v) is 14.4. The Bertz CT molecular complexity index is 845. The van der Waals surface area contributed by atoms with Gasteiger partial charge in [-0.25, -0.2) is 8.42 Å². The van der Waals surface area contributed by atoms with Crippen LogP contribution >= 0.6 is 22.9 Å². The Morgan fingerprint density at radius 1 is 1.43 bits per heavy atom. The summed E-state index contributed by atoms with van der Waals surface area (Å²) < 4.78 is 32.2. The van der Waals surface area contributed by atoms with Crippen LogP contribution in [0.3, 0.4) is 0 Å². The number of hydrogen-bond donors (Lipinski definition) is 1. The Kier molecular flexibility index (Phi) is 3.54. The lowest BCUT2D eigenvalue weighted by Gasteiger charge is -2.19. The van der Waals surface area contributed by atoms with Gasteiger partial charge in [0.15, 0.2) is 11.4 Å². The third kappa shape index (κ3) is 2.70. The predicted octanol–water partition coefficient (Wildman–Crippen LogP) is 1.94. The number of thiophene rings is 1. The highest BCUT2D eigenvalue weighted by molar-refractivity contribution is 7.91. The molecule has 1 N–H and O–H groups in total. The van der Waals surface area contributed by atoms with E-state index in [1.54, 1.807) is 6.07 Å². The quantitative estimate of drug-likeness (QED) is 0.877. The second-order valence-electron chi connectivity index (χ2n) is 5.91. The summed E-state index contributed by atoms with van der Waals surface area (Å²) in [5.41, 5.74) is -1.44. The van der Waals surface area contributed by atoms with E-state index in [0.29, 0.717) is 16.1 Å². The van der Waals surface area contributed by atoms with Crippen LogP contribution in [-0.2, 0) is 15.6 Å². The van der Waals surface area contributed by atoms with Gasteiger partial charge in [0, 0.05) is 18.9 Å². The molecule has 1 saturated carbocycles. The lowest BCUT2D eigenvalue weighted by atomic mass is 10.0. The highest BCUT2D eigenvalue weighted by Gasteiger charge is 2.47. The number of nitrogens with zero attached hydrogens (tertiary/aromatic N) is 3. The molecule has 0 aromatic carbocycles. The van der Waals surface area contributed by atoms with Gasteiger partial charge >= 0.3 is 0 Å². The van der Waals surface area contributed by atoms with Crippen LogP contribution in [0, 0.1) is 0 Å². The molecular formula is C13H14ClN3O4S2. The van der Waals surface area contributed by atoms with Crippen LogP contribution in [0.2, 0.25) is 4.34 Å². The van der Waals surface area contributed by atoms with Crippen molar-refractivity contribution >= 4 is 33.0 Å². The molecule has 10 heteroatoms. The summed E-state index contributed by atoms with van der Waals surface area (Å²) in [6, 6.07) is 3.01. The van der Waals surface area contributed by atoms with Crippen molar-refractivity contribution in [3.8, 4) is 0 Å². The van der Waals surface area contributed by atoms with Crippen molar-refractivity contribution in [3.05, 3.63) is 28.2 Å². The second-order valence-corrected chi connectivity index (χ2v) is 9.79. The van der Waals surface area contributed by atoms with Crippen LogP contribution in [0.25, 0.3) is 0 Å². The van der Waals surface area contributed by atoms with Crippen molar-refractivity contribution in [3.63, 3.8) is 0 Å². The van der Waals surface area contributed by atoms with Crippen molar-refractivity contribution in [2.75, 3.05) is 13.1 Å².